The van der Waals surface area contributed by atoms with Crippen molar-refractivity contribution < 1.29 is 9.90 Å². The van der Waals surface area contributed by atoms with Crippen molar-refractivity contribution in [2.45, 2.75) is 25.8 Å². The number of rotatable bonds is 7. The number of likely N-dealkylation sites (tertiary alicyclic amines) is 1. The Morgan fingerprint density at radius 3 is 2.95 bits per heavy atom. The molecule has 20 heavy (non-hydrogen) atoms. The van der Waals surface area contributed by atoms with Crippen molar-refractivity contribution in [3.63, 3.8) is 0 Å². The van der Waals surface area contributed by atoms with Gasteiger partial charge < -0.3 is 21.1 Å². The minimum Gasteiger partial charge on any atom is -0.480 e. The number of hydrogen-bond donors (Lipinski definition) is 3. The SMILES string of the molecule is CC(CNc1nc(C(N)C(=O)O)cs1)CN1CCCC1. The molecule has 0 bridgehead atoms. The summed E-state index contributed by atoms with van der Waals surface area (Å²) in [5.74, 6) is -0.516. The van der Waals surface area contributed by atoms with E-state index < -0.39 is 12.0 Å². The van der Waals surface area contributed by atoms with E-state index in [1.165, 1.54) is 37.3 Å². The second kappa shape index (κ2) is 7.01. The molecule has 1 saturated heterocycles. The van der Waals surface area contributed by atoms with E-state index in [1.54, 1.807) is 5.38 Å². The van der Waals surface area contributed by atoms with Gasteiger partial charge in [-0.25, -0.2) is 4.98 Å². The first-order valence-corrected chi connectivity index (χ1v) is 7.84. The van der Waals surface area contributed by atoms with Crippen LogP contribution in [0, 0.1) is 5.92 Å². The van der Waals surface area contributed by atoms with Crippen molar-refractivity contribution in [3.05, 3.63) is 11.1 Å². The van der Waals surface area contributed by atoms with Crippen molar-refractivity contribution in [3.8, 4) is 0 Å². The molecule has 112 valence electrons. The van der Waals surface area contributed by atoms with Gasteiger partial charge in [0.05, 0.1) is 5.69 Å². The summed E-state index contributed by atoms with van der Waals surface area (Å²) in [4.78, 5) is 17.5. The van der Waals surface area contributed by atoms with Crippen LogP contribution in [-0.4, -0.2) is 47.1 Å². The van der Waals surface area contributed by atoms with E-state index in [4.69, 9.17) is 10.8 Å². The molecule has 0 spiro atoms. The molecule has 0 saturated carbocycles. The second-order valence-electron chi connectivity index (χ2n) is 5.39. The number of nitrogens with two attached hydrogens (primary N) is 1. The molecule has 1 aliphatic rings. The van der Waals surface area contributed by atoms with Crippen LogP contribution >= 0.6 is 11.3 Å². The van der Waals surface area contributed by atoms with Crippen molar-refractivity contribution in [2.75, 3.05) is 31.5 Å². The monoisotopic (exact) mass is 298 g/mol. The largest absolute Gasteiger partial charge is 0.480 e. The number of anilines is 1. The number of aliphatic carboxylic acids is 1. The van der Waals surface area contributed by atoms with Gasteiger partial charge in [0, 0.05) is 18.5 Å². The second-order valence-corrected chi connectivity index (χ2v) is 6.25. The van der Waals surface area contributed by atoms with Crippen molar-refractivity contribution in [1.29, 1.82) is 0 Å². The third-order valence-corrected chi connectivity index (χ3v) is 4.30. The number of carbonyl (C=O) groups is 1. The van der Waals surface area contributed by atoms with E-state index >= 15 is 0 Å². The topological polar surface area (TPSA) is 91.5 Å². The molecular formula is C13H22N4O2S. The summed E-state index contributed by atoms with van der Waals surface area (Å²) < 4.78 is 0. The van der Waals surface area contributed by atoms with Gasteiger partial charge in [0.2, 0.25) is 0 Å². The number of thiazole rings is 1. The molecule has 1 aromatic heterocycles. The van der Waals surface area contributed by atoms with Gasteiger partial charge in [-0.05, 0) is 31.8 Å². The minimum atomic E-state index is -1.05. The van der Waals surface area contributed by atoms with Crippen molar-refractivity contribution >= 4 is 22.4 Å². The Balaban J connectivity index is 1.77. The summed E-state index contributed by atoms with van der Waals surface area (Å²) in [7, 11) is 0. The lowest BCUT2D eigenvalue weighted by Gasteiger charge is -2.20. The Hall–Kier alpha value is -1.18. The highest BCUT2D eigenvalue weighted by Crippen LogP contribution is 2.20. The van der Waals surface area contributed by atoms with Crippen LogP contribution in [0.2, 0.25) is 0 Å². The average molecular weight is 298 g/mol. The maximum absolute atomic E-state index is 10.8. The van der Waals surface area contributed by atoms with Crippen LogP contribution in [0.3, 0.4) is 0 Å². The van der Waals surface area contributed by atoms with Gasteiger partial charge in [-0.1, -0.05) is 6.92 Å². The van der Waals surface area contributed by atoms with E-state index in [0.29, 0.717) is 11.6 Å². The number of carboxylic acid groups (broad SMARTS) is 1. The zero-order valence-corrected chi connectivity index (χ0v) is 12.5. The van der Waals surface area contributed by atoms with E-state index in [2.05, 4.69) is 22.1 Å². The average Bonchev–Trinajstić information content (AvgIpc) is 3.06. The molecular weight excluding hydrogens is 276 g/mol. The van der Waals surface area contributed by atoms with Crippen LogP contribution in [-0.2, 0) is 4.79 Å². The summed E-state index contributed by atoms with van der Waals surface area (Å²) in [5, 5.41) is 14.5. The highest BCUT2D eigenvalue weighted by molar-refractivity contribution is 7.13. The number of carboxylic acids is 1. The Morgan fingerprint density at radius 1 is 1.60 bits per heavy atom. The van der Waals surface area contributed by atoms with Gasteiger partial charge in [0.15, 0.2) is 5.13 Å². The molecule has 0 radical (unpaired) electrons. The lowest BCUT2D eigenvalue weighted by Crippen LogP contribution is -2.28. The van der Waals surface area contributed by atoms with Crippen LogP contribution < -0.4 is 11.1 Å². The smallest absolute Gasteiger partial charge is 0.326 e. The minimum absolute atomic E-state index is 0.414. The summed E-state index contributed by atoms with van der Waals surface area (Å²) in [6, 6.07) is -1.04. The third-order valence-electron chi connectivity index (χ3n) is 3.48. The molecule has 7 heteroatoms. The Kier molecular flexibility index (Phi) is 5.33. The lowest BCUT2D eigenvalue weighted by molar-refractivity contribution is -0.138. The summed E-state index contributed by atoms with van der Waals surface area (Å²) in [5.41, 5.74) is 5.94. The van der Waals surface area contributed by atoms with Crippen LogP contribution in [0.5, 0.6) is 0 Å². The predicted octanol–water partition coefficient (Wildman–Crippen LogP) is 1.37. The number of hydrogen-bond acceptors (Lipinski definition) is 6. The summed E-state index contributed by atoms with van der Waals surface area (Å²) in [6.07, 6.45) is 2.62. The molecule has 1 aliphatic heterocycles. The third kappa shape index (κ3) is 4.16. The molecule has 6 nitrogen and oxygen atoms in total. The highest BCUT2D eigenvalue weighted by atomic mass is 32.1. The van der Waals surface area contributed by atoms with Crippen molar-refractivity contribution in [2.24, 2.45) is 11.7 Å². The van der Waals surface area contributed by atoms with Gasteiger partial charge in [-0.2, -0.15) is 0 Å². The van der Waals surface area contributed by atoms with Gasteiger partial charge in [0.1, 0.15) is 6.04 Å². The Bertz CT molecular complexity index is 445. The van der Waals surface area contributed by atoms with Crippen LogP contribution in [0.4, 0.5) is 5.13 Å². The number of nitrogens with one attached hydrogen (secondary N) is 1. The van der Waals surface area contributed by atoms with Gasteiger partial charge in [0.25, 0.3) is 0 Å². The standard InChI is InChI=1S/C13H22N4O2S/c1-9(7-17-4-2-3-5-17)6-15-13-16-10(8-20-13)11(14)12(18)19/h8-9,11H,2-7,14H2,1H3,(H,15,16)(H,18,19). The normalized spacial score (nSPS) is 18.9. The van der Waals surface area contributed by atoms with E-state index in [-0.39, 0.29) is 0 Å². The molecule has 0 amide bonds. The molecule has 2 atom stereocenters. The fourth-order valence-corrected chi connectivity index (χ4v) is 3.13. The Labute approximate surface area is 123 Å². The Morgan fingerprint density at radius 2 is 2.30 bits per heavy atom. The van der Waals surface area contributed by atoms with Crippen LogP contribution in [0.1, 0.15) is 31.5 Å². The highest BCUT2D eigenvalue weighted by Gasteiger charge is 2.18. The quantitative estimate of drug-likeness (QED) is 0.704. The molecule has 2 unspecified atom stereocenters. The fraction of sp³-hybridized carbons (Fsp3) is 0.692. The first-order valence-electron chi connectivity index (χ1n) is 6.96. The van der Waals surface area contributed by atoms with Crippen LogP contribution in [0.25, 0.3) is 0 Å². The lowest BCUT2D eigenvalue weighted by atomic mass is 10.1. The molecule has 1 aromatic rings. The number of nitrogens with zero attached hydrogens (tertiary/aromatic N) is 2. The molecule has 1 fully saturated rings. The molecule has 2 heterocycles. The molecule has 0 aliphatic carbocycles. The maximum atomic E-state index is 10.8. The molecule has 0 aromatic carbocycles. The summed E-state index contributed by atoms with van der Waals surface area (Å²) in [6.45, 7) is 6.56. The molecule has 2 rings (SSSR count). The van der Waals surface area contributed by atoms with Gasteiger partial charge in [-0.3, -0.25) is 4.79 Å². The van der Waals surface area contributed by atoms with E-state index in [0.717, 1.165) is 18.2 Å². The zero-order valence-electron chi connectivity index (χ0n) is 11.7. The first-order chi connectivity index (χ1) is 9.56. The van der Waals surface area contributed by atoms with Crippen molar-refractivity contribution in [1.82, 2.24) is 9.88 Å². The number of aromatic nitrogens is 1. The predicted molar refractivity (Wildman–Crippen MR) is 80.0 cm³/mol. The van der Waals surface area contributed by atoms with E-state index in [1.807, 2.05) is 0 Å². The van der Waals surface area contributed by atoms with Crippen LogP contribution in [0.15, 0.2) is 5.38 Å². The zero-order chi connectivity index (χ0) is 14.5. The fourth-order valence-electron chi connectivity index (χ4n) is 2.37. The maximum Gasteiger partial charge on any atom is 0.326 e. The van der Waals surface area contributed by atoms with Gasteiger partial charge in [-0.15, -0.1) is 11.3 Å². The van der Waals surface area contributed by atoms with Gasteiger partial charge >= 0.3 is 5.97 Å². The summed E-state index contributed by atoms with van der Waals surface area (Å²) >= 11 is 1.40. The van der Waals surface area contributed by atoms with E-state index in [9.17, 15) is 4.79 Å². The first kappa shape index (κ1) is 15.2. The molecule has 4 N–H and O–H groups in total.